The monoisotopic (exact) mass is 235 g/mol. The van der Waals surface area contributed by atoms with Crippen molar-refractivity contribution in [3.05, 3.63) is 0 Å². The van der Waals surface area contributed by atoms with Crippen molar-refractivity contribution in [3.63, 3.8) is 0 Å². The van der Waals surface area contributed by atoms with Gasteiger partial charge in [0.2, 0.25) is 5.91 Å². The summed E-state index contributed by atoms with van der Waals surface area (Å²) in [5, 5.41) is 30.1. The van der Waals surface area contributed by atoms with Gasteiger partial charge >= 0.3 is 0 Å². The molecule has 0 aliphatic carbocycles. The fraction of sp³-hybridized carbons (Fsp3) is 0.778. The molecule has 0 bridgehead atoms. The first kappa shape index (κ1) is 15.0. The number of carbonyl (C=O) groups is 2. The number of hydrogen-bond acceptors (Lipinski definition) is 6. The van der Waals surface area contributed by atoms with Crippen LogP contribution in [-0.2, 0) is 14.3 Å². The number of ether oxygens (including phenoxy) is 1. The van der Waals surface area contributed by atoms with Gasteiger partial charge in [-0.1, -0.05) is 0 Å². The Morgan fingerprint density at radius 2 is 2.00 bits per heavy atom. The zero-order chi connectivity index (χ0) is 12.7. The van der Waals surface area contributed by atoms with Gasteiger partial charge in [-0.25, -0.2) is 0 Å². The SMILES string of the molecule is CO[C@H](CO)[C@@H](O)[C@H](O)[C@@H](C=O)NC(C)=O. The number of amides is 1. The van der Waals surface area contributed by atoms with Crippen LogP contribution in [0.25, 0.3) is 0 Å². The summed E-state index contributed by atoms with van der Waals surface area (Å²) in [5.41, 5.74) is 0. The molecule has 94 valence electrons. The lowest BCUT2D eigenvalue weighted by Crippen LogP contribution is -2.53. The van der Waals surface area contributed by atoms with Crippen molar-refractivity contribution in [1.29, 1.82) is 0 Å². The molecule has 16 heavy (non-hydrogen) atoms. The molecule has 0 spiro atoms. The van der Waals surface area contributed by atoms with Crippen molar-refractivity contribution in [1.82, 2.24) is 5.32 Å². The van der Waals surface area contributed by atoms with Crippen molar-refractivity contribution < 1.29 is 29.6 Å². The van der Waals surface area contributed by atoms with Crippen LogP contribution in [0.15, 0.2) is 0 Å². The van der Waals surface area contributed by atoms with Crippen molar-refractivity contribution >= 4 is 12.2 Å². The zero-order valence-corrected chi connectivity index (χ0v) is 9.16. The molecule has 7 nitrogen and oxygen atoms in total. The van der Waals surface area contributed by atoms with Crippen LogP contribution in [0.2, 0.25) is 0 Å². The average molecular weight is 235 g/mol. The van der Waals surface area contributed by atoms with Gasteiger partial charge in [0, 0.05) is 14.0 Å². The Morgan fingerprint density at radius 1 is 1.44 bits per heavy atom. The van der Waals surface area contributed by atoms with E-state index in [1.807, 2.05) is 0 Å². The average Bonchev–Trinajstić information content (AvgIpc) is 2.26. The highest BCUT2D eigenvalue weighted by Crippen LogP contribution is 2.06. The van der Waals surface area contributed by atoms with E-state index in [1.54, 1.807) is 0 Å². The van der Waals surface area contributed by atoms with Crippen molar-refractivity contribution in [2.75, 3.05) is 13.7 Å². The summed E-state index contributed by atoms with van der Waals surface area (Å²) in [6, 6.07) is -1.24. The first-order valence-electron chi connectivity index (χ1n) is 4.70. The molecule has 4 atom stereocenters. The van der Waals surface area contributed by atoms with Gasteiger partial charge in [-0.15, -0.1) is 0 Å². The summed E-state index contributed by atoms with van der Waals surface area (Å²) >= 11 is 0. The maximum Gasteiger partial charge on any atom is 0.217 e. The van der Waals surface area contributed by atoms with Gasteiger partial charge < -0.3 is 30.2 Å². The third kappa shape index (κ3) is 4.23. The standard InChI is InChI=1S/C9H17NO6/c1-5(13)10-6(3-11)8(14)9(15)7(4-12)16-2/h3,6-9,12,14-15H,4H2,1-2H3,(H,10,13)/t6-,7-,8-,9-/m1/s1. The van der Waals surface area contributed by atoms with Crippen molar-refractivity contribution in [3.8, 4) is 0 Å². The molecule has 0 radical (unpaired) electrons. The molecule has 0 aromatic rings. The van der Waals surface area contributed by atoms with Gasteiger partial charge in [0.1, 0.15) is 30.6 Å². The second kappa shape index (κ2) is 7.29. The van der Waals surface area contributed by atoms with Crippen molar-refractivity contribution in [2.45, 2.75) is 31.3 Å². The van der Waals surface area contributed by atoms with E-state index < -0.39 is 36.9 Å². The lowest BCUT2D eigenvalue weighted by Gasteiger charge is -2.27. The third-order valence-corrected chi connectivity index (χ3v) is 2.10. The first-order chi connectivity index (χ1) is 7.47. The molecule has 0 saturated heterocycles. The van der Waals surface area contributed by atoms with Crippen molar-refractivity contribution in [2.24, 2.45) is 0 Å². The molecule has 0 aromatic heterocycles. The van der Waals surface area contributed by atoms with Gasteiger partial charge in [-0.05, 0) is 0 Å². The van der Waals surface area contributed by atoms with E-state index in [4.69, 9.17) is 9.84 Å². The van der Waals surface area contributed by atoms with Crippen LogP contribution in [-0.4, -0.2) is 65.6 Å². The Labute approximate surface area is 93.0 Å². The summed E-state index contributed by atoms with van der Waals surface area (Å²) in [6.45, 7) is 0.663. The highest BCUT2D eigenvalue weighted by atomic mass is 16.5. The third-order valence-electron chi connectivity index (χ3n) is 2.10. The number of carbonyl (C=O) groups excluding carboxylic acids is 2. The molecule has 0 aromatic carbocycles. The molecule has 0 saturated carbocycles. The fourth-order valence-electron chi connectivity index (χ4n) is 1.19. The lowest BCUT2D eigenvalue weighted by atomic mass is 10.0. The van der Waals surface area contributed by atoms with E-state index >= 15 is 0 Å². The fourth-order valence-corrected chi connectivity index (χ4v) is 1.19. The minimum absolute atomic E-state index is 0.305. The van der Waals surface area contributed by atoms with Crippen LogP contribution in [0, 0.1) is 0 Å². The van der Waals surface area contributed by atoms with Gasteiger partial charge in [-0.3, -0.25) is 4.79 Å². The minimum atomic E-state index is -1.54. The Kier molecular flexibility index (Phi) is 6.82. The first-order valence-corrected chi connectivity index (χ1v) is 4.70. The number of rotatable bonds is 7. The molecule has 7 heteroatoms. The lowest BCUT2D eigenvalue weighted by molar-refractivity contribution is -0.131. The number of hydrogen-bond donors (Lipinski definition) is 4. The van der Waals surface area contributed by atoms with Gasteiger partial charge in [0.15, 0.2) is 0 Å². The molecule has 0 unspecified atom stereocenters. The number of aldehydes is 1. The maximum atomic E-state index is 10.7. The quantitative estimate of drug-likeness (QED) is 0.360. The second-order valence-electron chi connectivity index (χ2n) is 3.30. The molecule has 0 heterocycles. The van der Waals surface area contributed by atoms with Gasteiger partial charge in [0.25, 0.3) is 0 Å². The van der Waals surface area contributed by atoms with Gasteiger partial charge in [0.05, 0.1) is 6.61 Å². The number of aliphatic hydroxyl groups excluding tert-OH is 3. The highest BCUT2D eigenvalue weighted by Gasteiger charge is 2.32. The van der Waals surface area contributed by atoms with E-state index in [9.17, 15) is 19.8 Å². The zero-order valence-electron chi connectivity index (χ0n) is 9.16. The molecular formula is C9H17NO6. The summed E-state index contributed by atoms with van der Waals surface area (Å²) in [5.74, 6) is -0.513. The Morgan fingerprint density at radius 3 is 2.31 bits per heavy atom. The molecule has 0 fully saturated rings. The Hall–Kier alpha value is -1.02. The van der Waals surface area contributed by atoms with Gasteiger partial charge in [-0.2, -0.15) is 0 Å². The summed E-state index contributed by atoms with van der Waals surface area (Å²) in [6.07, 6.45) is -3.74. The smallest absolute Gasteiger partial charge is 0.217 e. The topological polar surface area (TPSA) is 116 Å². The minimum Gasteiger partial charge on any atom is -0.394 e. The highest BCUT2D eigenvalue weighted by molar-refractivity contribution is 5.77. The van der Waals surface area contributed by atoms with Crippen LogP contribution < -0.4 is 5.32 Å². The number of methoxy groups -OCH3 is 1. The summed E-state index contributed by atoms with van der Waals surface area (Å²) in [7, 11) is 1.24. The second-order valence-corrected chi connectivity index (χ2v) is 3.30. The Bertz CT molecular complexity index is 230. The maximum absolute atomic E-state index is 10.7. The normalized spacial score (nSPS) is 18.3. The molecule has 0 aliphatic heterocycles. The van der Waals surface area contributed by atoms with E-state index in [2.05, 4.69) is 5.32 Å². The van der Waals surface area contributed by atoms with Crippen LogP contribution in [0.5, 0.6) is 0 Å². The number of aliphatic hydroxyl groups is 3. The van der Waals surface area contributed by atoms with E-state index in [0.29, 0.717) is 6.29 Å². The molecule has 0 aliphatic rings. The largest absolute Gasteiger partial charge is 0.394 e. The van der Waals surface area contributed by atoms with Crippen LogP contribution in [0.3, 0.4) is 0 Å². The summed E-state index contributed by atoms with van der Waals surface area (Å²) in [4.78, 5) is 21.3. The predicted octanol–water partition coefficient (Wildman–Crippen LogP) is -2.58. The molecule has 4 N–H and O–H groups in total. The van der Waals surface area contributed by atoms with E-state index in [1.165, 1.54) is 14.0 Å². The molecular weight excluding hydrogens is 218 g/mol. The Balaban J connectivity index is 4.53. The molecule has 0 rings (SSSR count). The number of nitrogens with one attached hydrogen (secondary N) is 1. The predicted molar refractivity (Wildman–Crippen MR) is 53.6 cm³/mol. The molecule has 1 amide bonds. The van der Waals surface area contributed by atoms with Crippen LogP contribution >= 0.6 is 0 Å². The van der Waals surface area contributed by atoms with E-state index in [-0.39, 0.29) is 0 Å². The van der Waals surface area contributed by atoms with E-state index in [0.717, 1.165) is 0 Å². The van der Waals surface area contributed by atoms with Crippen LogP contribution in [0.4, 0.5) is 0 Å². The summed E-state index contributed by atoms with van der Waals surface area (Å²) < 4.78 is 4.69. The van der Waals surface area contributed by atoms with Crippen LogP contribution in [0.1, 0.15) is 6.92 Å².